The van der Waals surface area contributed by atoms with Crippen LogP contribution in [0.2, 0.25) is 0 Å². The lowest BCUT2D eigenvalue weighted by Crippen LogP contribution is -2.41. The van der Waals surface area contributed by atoms with Crippen LogP contribution in [0.25, 0.3) is 0 Å². The minimum Gasteiger partial charge on any atom is -0.376 e. The predicted octanol–water partition coefficient (Wildman–Crippen LogP) is 3.04. The van der Waals surface area contributed by atoms with Crippen LogP contribution in [-0.4, -0.2) is 45.9 Å². The molecule has 2 aliphatic rings. The second-order valence-corrected chi connectivity index (χ2v) is 8.30. The van der Waals surface area contributed by atoms with Crippen molar-refractivity contribution in [3.8, 4) is 0 Å². The van der Waals surface area contributed by atoms with Crippen LogP contribution in [0.1, 0.15) is 40.1 Å². The number of ether oxygens (including phenoxy) is 1. The fourth-order valence-corrected chi connectivity index (χ4v) is 4.41. The van der Waals surface area contributed by atoms with Crippen LogP contribution in [0.3, 0.4) is 0 Å². The standard InChI is InChI=1S/C19H25N3O2S/c1-13-7-18(25-12-13)19(23)22-6-5-17(24-11-14-3-4-14)16(22)8-15-9-20-21(2)10-15/h7,9-10,12,14,16-17H,3-6,8,11H2,1-2H3/t16-,17+/m0/s1. The van der Waals surface area contributed by atoms with Gasteiger partial charge in [0.15, 0.2) is 0 Å². The van der Waals surface area contributed by atoms with Gasteiger partial charge in [-0.25, -0.2) is 0 Å². The van der Waals surface area contributed by atoms with E-state index in [9.17, 15) is 4.79 Å². The Morgan fingerprint density at radius 2 is 2.24 bits per heavy atom. The number of carbonyl (C=O) groups excluding carboxylic acids is 1. The third-order valence-electron chi connectivity index (χ3n) is 5.13. The molecule has 3 heterocycles. The zero-order valence-corrected chi connectivity index (χ0v) is 15.7. The van der Waals surface area contributed by atoms with Gasteiger partial charge in [-0.2, -0.15) is 5.10 Å². The highest BCUT2D eigenvalue weighted by Gasteiger charge is 2.39. The third kappa shape index (κ3) is 3.80. The Kier molecular flexibility index (Phi) is 4.65. The van der Waals surface area contributed by atoms with Crippen molar-refractivity contribution >= 4 is 17.2 Å². The van der Waals surface area contributed by atoms with E-state index in [1.165, 1.54) is 24.2 Å². The number of aryl methyl sites for hydroxylation is 2. The Morgan fingerprint density at radius 3 is 2.88 bits per heavy atom. The van der Waals surface area contributed by atoms with Crippen LogP contribution in [0, 0.1) is 12.8 Å². The summed E-state index contributed by atoms with van der Waals surface area (Å²) < 4.78 is 8.04. The van der Waals surface area contributed by atoms with E-state index >= 15 is 0 Å². The molecule has 0 bridgehead atoms. The van der Waals surface area contributed by atoms with Gasteiger partial charge in [0.2, 0.25) is 0 Å². The molecular formula is C19H25N3O2S. The first-order valence-electron chi connectivity index (χ1n) is 9.05. The molecule has 0 unspecified atom stereocenters. The Labute approximate surface area is 152 Å². The Bertz CT molecular complexity index is 749. The molecule has 5 nitrogen and oxygen atoms in total. The number of thiophene rings is 1. The highest BCUT2D eigenvalue weighted by Crippen LogP contribution is 2.32. The minimum absolute atomic E-state index is 0.0952. The van der Waals surface area contributed by atoms with Gasteiger partial charge in [-0.3, -0.25) is 9.48 Å². The molecule has 0 spiro atoms. The van der Waals surface area contributed by atoms with E-state index < -0.39 is 0 Å². The fourth-order valence-electron chi connectivity index (χ4n) is 3.56. The summed E-state index contributed by atoms with van der Waals surface area (Å²) in [7, 11) is 1.93. The zero-order chi connectivity index (χ0) is 17.4. The molecule has 1 saturated carbocycles. The van der Waals surface area contributed by atoms with Gasteiger partial charge in [-0.1, -0.05) is 0 Å². The molecule has 2 fully saturated rings. The normalized spacial score (nSPS) is 23.4. The number of nitrogens with zero attached hydrogens (tertiary/aromatic N) is 3. The van der Waals surface area contributed by atoms with Gasteiger partial charge in [0, 0.05) is 26.4 Å². The van der Waals surface area contributed by atoms with Crippen LogP contribution in [0.15, 0.2) is 23.8 Å². The van der Waals surface area contributed by atoms with E-state index in [1.54, 1.807) is 0 Å². The number of amides is 1. The molecule has 134 valence electrons. The van der Waals surface area contributed by atoms with Gasteiger partial charge in [0.05, 0.1) is 23.2 Å². The van der Waals surface area contributed by atoms with E-state index in [4.69, 9.17) is 4.74 Å². The number of hydrogen-bond donors (Lipinski definition) is 0. The van der Waals surface area contributed by atoms with Crippen molar-refractivity contribution in [3.05, 3.63) is 39.8 Å². The monoisotopic (exact) mass is 359 g/mol. The van der Waals surface area contributed by atoms with Crippen molar-refractivity contribution in [1.82, 2.24) is 14.7 Å². The summed E-state index contributed by atoms with van der Waals surface area (Å²) in [4.78, 5) is 15.9. The van der Waals surface area contributed by atoms with E-state index in [0.29, 0.717) is 0 Å². The molecule has 2 aromatic heterocycles. The van der Waals surface area contributed by atoms with Gasteiger partial charge in [-0.15, -0.1) is 11.3 Å². The van der Waals surface area contributed by atoms with Gasteiger partial charge >= 0.3 is 0 Å². The van der Waals surface area contributed by atoms with Gasteiger partial charge < -0.3 is 9.64 Å². The van der Waals surface area contributed by atoms with E-state index in [0.717, 1.165) is 47.9 Å². The SMILES string of the molecule is Cc1csc(C(=O)N2CC[C@@H](OCC3CC3)[C@@H]2Cc2cnn(C)c2)c1. The van der Waals surface area contributed by atoms with Gasteiger partial charge in [0.1, 0.15) is 0 Å². The molecule has 25 heavy (non-hydrogen) atoms. The van der Waals surface area contributed by atoms with Crippen molar-refractivity contribution in [2.75, 3.05) is 13.2 Å². The van der Waals surface area contributed by atoms with E-state index in [-0.39, 0.29) is 18.1 Å². The van der Waals surface area contributed by atoms with Crippen molar-refractivity contribution in [2.24, 2.45) is 13.0 Å². The molecule has 4 rings (SSSR count). The molecule has 1 aliphatic heterocycles. The maximum absolute atomic E-state index is 13.0. The molecule has 1 aliphatic carbocycles. The smallest absolute Gasteiger partial charge is 0.264 e. The second kappa shape index (κ2) is 6.92. The van der Waals surface area contributed by atoms with Crippen molar-refractivity contribution in [1.29, 1.82) is 0 Å². The lowest BCUT2D eigenvalue weighted by atomic mass is 10.0. The summed E-state index contributed by atoms with van der Waals surface area (Å²) >= 11 is 1.54. The van der Waals surface area contributed by atoms with E-state index in [1.807, 2.05) is 47.4 Å². The largest absolute Gasteiger partial charge is 0.376 e. The number of rotatable bonds is 6. The Balaban J connectivity index is 1.52. The first-order valence-corrected chi connectivity index (χ1v) is 9.93. The van der Waals surface area contributed by atoms with Crippen LogP contribution >= 0.6 is 11.3 Å². The Morgan fingerprint density at radius 1 is 1.40 bits per heavy atom. The molecule has 0 N–H and O–H groups in total. The van der Waals surface area contributed by atoms with Crippen molar-refractivity contribution in [2.45, 2.75) is 44.8 Å². The van der Waals surface area contributed by atoms with Crippen LogP contribution in [0.4, 0.5) is 0 Å². The maximum Gasteiger partial charge on any atom is 0.264 e. The molecule has 1 amide bonds. The molecule has 1 saturated heterocycles. The summed E-state index contributed by atoms with van der Waals surface area (Å²) in [6.45, 7) is 3.65. The maximum atomic E-state index is 13.0. The quantitative estimate of drug-likeness (QED) is 0.796. The summed E-state index contributed by atoms with van der Waals surface area (Å²) in [5.74, 6) is 0.883. The summed E-state index contributed by atoms with van der Waals surface area (Å²) in [6.07, 6.45) is 8.37. The first kappa shape index (κ1) is 16.8. The summed E-state index contributed by atoms with van der Waals surface area (Å²) in [6, 6.07) is 2.09. The fraction of sp³-hybridized carbons (Fsp3) is 0.579. The molecule has 2 aromatic rings. The molecule has 0 radical (unpaired) electrons. The average molecular weight is 359 g/mol. The summed E-state index contributed by atoms with van der Waals surface area (Å²) in [5, 5.41) is 6.32. The predicted molar refractivity (Wildman–Crippen MR) is 97.9 cm³/mol. The third-order valence-corrected chi connectivity index (χ3v) is 6.17. The molecule has 2 atom stereocenters. The molecule has 6 heteroatoms. The lowest BCUT2D eigenvalue weighted by Gasteiger charge is -2.28. The molecular weight excluding hydrogens is 334 g/mol. The van der Waals surface area contributed by atoms with Crippen LogP contribution < -0.4 is 0 Å². The highest BCUT2D eigenvalue weighted by atomic mass is 32.1. The minimum atomic E-state index is 0.0952. The second-order valence-electron chi connectivity index (χ2n) is 7.38. The summed E-state index contributed by atoms with van der Waals surface area (Å²) in [5.41, 5.74) is 2.31. The van der Waals surface area contributed by atoms with Gasteiger partial charge in [-0.05, 0) is 61.1 Å². The average Bonchev–Trinajstić information content (AvgIpc) is 2.97. The highest BCUT2D eigenvalue weighted by molar-refractivity contribution is 7.12. The van der Waals surface area contributed by atoms with E-state index in [2.05, 4.69) is 5.10 Å². The van der Waals surface area contributed by atoms with Gasteiger partial charge in [0.25, 0.3) is 5.91 Å². The van der Waals surface area contributed by atoms with Crippen molar-refractivity contribution < 1.29 is 9.53 Å². The number of carbonyl (C=O) groups is 1. The zero-order valence-electron chi connectivity index (χ0n) is 14.9. The topological polar surface area (TPSA) is 47.4 Å². The Hall–Kier alpha value is -1.66. The number of hydrogen-bond acceptors (Lipinski definition) is 4. The number of likely N-dealkylation sites (tertiary alicyclic amines) is 1. The van der Waals surface area contributed by atoms with Crippen molar-refractivity contribution in [3.63, 3.8) is 0 Å². The van der Waals surface area contributed by atoms with Crippen LogP contribution in [-0.2, 0) is 18.2 Å². The molecule has 0 aromatic carbocycles. The first-order chi connectivity index (χ1) is 12.1. The van der Waals surface area contributed by atoms with Crippen LogP contribution in [0.5, 0.6) is 0 Å². The lowest BCUT2D eigenvalue weighted by molar-refractivity contribution is 0.0201. The number of aromatic nitrogens is 2.